The van der Waals surface area contributed by atoms with Gasteiger partial charge in [0.2, 0.25) is 0 Å². The van der Waals surface area contributed by atoms with Crippen LogP contribution in [0.15, 0.2) is 0 Å². The summed E-state index contributed by atoms with van der Waals surface area (Å²) in [5.41, 5.74) is 0. The molecule has 0 aromatic heterocycles. The Labute approximate surface area is 70.1 Å². The number of carboxylic acid groups (broad SMARTS) is 1. The van der Waals surface area contributed by atoms with Gasteiger partial charge in [-0.2, -0.15) is 11.8 Å². The molecule has 1 heterocycles. The predicted octanol–water partition coefficient (Wildman–Crippen LogP) is 0.982. The lowest BCUT2D eigenvalue weighted by Gasteiger charge is -2.13. The molecule has 2 atom stereocenters. The fourth-order valence-corrected chi connectivity index (χ4v) is 2.28. The maximum atomic E-state index is 10.1. The summed E-state index contributed by atoms with van der Waals surface area (Å²) in [5, 5.41) is 8.78. The molecule has 1 rings (SSSR count). The SMILES string of the molecule is CC1SCCC1OCC(=O)O. The van der Waals surface area contributed by atoms with E-state index in [9.17, 15) is 4.79 Å². The standard InChI is InChI=1S/C7H12O3S/c1-5-6(2-3-11-5)10-4-7(8)9/h5-6H,2-4H2,1H3,(H,8,9). The summed E-state index contributed by atoms with van der Waals surface area (Å²) >= 11 is 1.84. The molecule has 64 valence electrons. The maximum absolute atomic E-state index is 10.1. The van der Waals surface area contributed by atoms with Gasteiger partial charge in [-0.25, -0.2) is 4.79 Å². The maximum Gasteiger partial charge on any atom is 0.329 e. The first-order valence-electron chi connectivity index (χ1n) is 3.65. The second-order valence-corrected chi connectivity index (χ2v) is 4.09. The Morgan fingerprint density at radius 3 is 3.00 bits per heavy atom. The minimum atomic E-state index is -0.880. The average molecular weight is 176 g/mol. The summed E-state index contributed by atoms with van der Waals surface area (Å²) in [6.45, 7) is 1.92. The zero-order valence-electron chi connectivity index (χ0n) is 6.45. The first kappa shape index (κ1) is 8.87. The monoisotopic (exact) mass is 176 g/mol. The second kappa shape index (κ2) is 3.97. The molecule has 0 bridgehead atoms. The summed E-state index contributed by atoms with van der Waals surface area (Å²) in [5.74, 6) is 0.208. The lowest BCUT2D eigenvalue weighted by molar-refractivity contribution is -0.144. The van der Waals surface area contributed by atoms with Crippen molar-refractivity contribution in [1.82, 2.24) is 0 Å². The van der Waals surface area contributed by atoms with E-state index in [1.165, 1.54) is 0 Å². The van der Waals surface area contributed by atoms with E-state index in [-0.39, 0.29) is 12.7 Å². The Bertz CT molecular complexity index is 149. The van der Waals surface area contributed by atoms with Gasteiger partial charge in [-0.1, -0.05) is 6.92 Å². The molecule has 1 aliphatic rings. The van der Waals surface area contributed by atoms with Crippen molar-refractivity contribution in [2.45, 2.75) is 24.7 Å². The van der Waals surface area contributed by atoms with E-state index in [4.69, 9.17) is 9.84 Å². The molecule has 3 nitrogen and oxygen atoms in total. The van der Waals surface area contributed by atoms with Crippen molar-refractivity contribution in [3.63, 3.8) is 0 Å². The Kier molecular flexibility index (Phi) is 3.20. The van der Waals surface area contributed by atoms with E-state index in [0.717, 1.165) is 12.2 Å². The number of rotatable bonds is 3. The highest BCUT2D eigenvalue weighted by Crippen LogP contribution is 2.28. The van der Waals surface area contributed by atoms with E-state index in [0.29, 0.717) is 5.25 Å². The van der Waals surface area contributed by atoms with Crippen LogP contribution in [0, 0.1) is 0 Å². The van der Waals surface area contributed by atoms with Gasteiger partial charge in [0, 0.05) is 5.25 Å². The smallest absolute Gasteiger partial charge is 0.329 e. The van der Waals surface area contributed by atoms with Crippen molar-refractivity contribution < 1.29 is 14.6 Å². The highest BCUT2D eigenvalue weighted by Gasteiger charge is 2.24. The zero-order chi connectivity index (χ0) is 8.27. The van der Waals surface area contributed by atoms with Crippen molar-refractivity contribution in [3.05, 3.63) is 0 Å². The van der Waals surface area contributed by atoms with Gasteiger partial charge in [-0.3, -0.25) is 0 Å². The number of aliphatic carboxylic acids is 1. The molecule has 0 radical (unpaired) electrons. The minimum Gasteiger partial charge on any atom is -0.480 e. The van der Waals surface area contributed by atoms with Crippen LogP contribution in [0.3, 0.4) is 0 Å². The van der Waals surface area contributed by atoms with E-state index < -0.39 is 5.97 Å². The van der Waals surface area contributed by atoms with Gasteiger partial charge in [0.15, 0.2) is 0 Å². The van der Waals surface area contributed by atoms with Crippen LogP contribution in [-0.2, 0) is 9.53 Å². The second-order valence-electron chi connectivity index (χ2n) is 2.61. The molecule has 0 amide bonds. The average Bonchev–Trinajstić information content (AvgIpc) is 2.31. The molecule has 0 saturated carbocycles. The van der Waals surface area contributed by atoms with Crippen LogP contribution < -0.4 is 0 Å². The Morgan fingerprint density at radius 2 is 2.55 bits per heavy atom. The van der Waals surface area contributed by atoms with Gasteiger partial charge in [0.05, 0.1) is 6.10 Å². The molecular formula is C7H12O3S. The van der Waals surface area contributed by atoms with Crippen molar-refractivity contribution in [2.24, 2.45) is 0 Å². The zero-order valence-corrected chi connectivity index (χ0v) is 7.26. The van der Waals surface area contributed by atoms with E-state index in [2.05, 4.69) is 6.92 Å². The molecule has 11 heavy (non-hydrogen) atoms. The van der Waals surface area contributed by atoms with Crippen LogP contribution in [0.1, 0.15) is 13.3 Å². The fourth-order valence-electron chi connectivity index (χ4n) is 1.11. The third kappa shape index (κ3) is 2.71. The molecule has 4 heteroatoms. The van der Waals surface area contributed by atoms with E-state index in [1.807, 2.05) is 11.8 Å². The van der Waals surface area contributed by atoms with Crippen LogP contribution in [0.2, 0.25) is 0 Å². The highest BCUT2D eigenvalue weighted by atomic mass is 32.2. The number of hydrogen-bond donors (Lipinski definition) is 1. The van der Waals surface area contributed by atoms with Crippen LogP contribution in [0.5, 0.6) is 0 Å². The van der Waals surface area contributed by atoms with Crippen molar-refractivity contribution in [3.8, 4) is 0 Å². The summed E-state index contributed by atoms with van der Waals surface area (Å²) in [6.07, 6.45) is 1.13. The first-order valence-corrected chi connectivity index (χ1v) is 4.70. The van der Waals surface area contributed by atoms with Crippen LogP contribution in [0.4, 0.5) is 0 Å². The number of ether oxygens (including phenoxy) is 1. The van der Waals surface area contributed by atoms with Crippen LogP contribution >= 0.6 is 11.8 Å². The van der Waals surface area contributed by atoms with Crippen molar-refractivity contribution in [1.29, 1.82) is 0 Å². The molecule has 1 N–H and O–H groups in total. The molecule has 2 unspecified atom stereocenters. The van der Waals surface area contributed by atoms with Crippen LogP contribution in [0.25, 0.3) is 0 Å². The normalized spacial score (nSPS) is 30.6. The summed E-state index contributed by atoms with van der Waals surface area (Å²) < 4.78 is 5.16. The molecule has 0 aromatic rings. The van der Waals surface area contributed by atoms with Gasteiger partial charge in [-0.05, 0) is 12.2 Å². The quantitative estimate of drug-likeness (QED) is 0.696. The summed E-state index contributed by atoms with van der Waals surface area (Å²) in [7, 11) is 0. The highest BCUT2D eigenvalue weighted by molar-refractivity contribution is 8.00. The number of carbonyl (C=O) groups is 1. The van der Waals surface area contributed by atoms with Crippen LogP contribution in [-0.4, -0.2) is 34.8 Å². The van der Waals surface area contributed by atoms with Crippen molar-refractivity contribution >= 4 is 17.7 Å². The molecule has 1 aliphatic heterocycles. The topological polar surface area (TPSA) is 46.5 Å². The lowest BCUT2D eigenvalue weighted by atomic mass is 10.2. The van der Waals surface area contributed by atoms with Gasteiger partial charge >= 0.3 is 5.97 Å². The Balaban J connectivity index is 2.20. The van der Waals surface area contributed by atoms with Gasteiger partial charge in [0.25, 0.3) is 0 Å². The number of hydrogen-bond acceptors (Lipinski definition) is 3. The molecule has 1 fully saturated rings. The number of carboxylic acids is 1. The number of thioether (sulfide) groups is 1. The van der Waals surface area contributed by atoms with Gasteiger partial charge in [-0.15, -0.1) is 0 Å². The predicted molar refractivity (Wildman–Crippen MR) is 43.9 cm³/mol. The molecule has 0 aromatic carbocycles. The van der Waals surface area contributed by atoms with E-state index >= 15 is 0 Å². The lowest BCUT2D eigenvalue weighted by Crippen LogP contribution is -2.22. The Hall–Kier alpha value is -0.220. The molecule has 1 saturated heterocycles. The van der Waals surface area contributed by atoms with Gasteiger partial charge in [0.1, 0.15) is 6.61 Å². The van der Waals surface area contributed by atoms with Gasteiger partial charge < -0.3 is 9.84 Å². The summed E-state index contributed by atoms with van der Waals surface area (Å²) in [4.78, 5) is 10.1. The van der Waals surface area contributed by atoms with E-state index in [1.54, 1.807) is 0 Å². The third-order valence-corrected chi connectivity index (χ3v) is 3.03. The summed E-state index contributed by atoms with van der Waals surface area (Å²) in [6, 6.07) is 0. The molecule has 0 spiro atoms. The largest absolute Gasteiger partial charge is 0.480 e. The third-order valence-electron chi connectivity index (χ3n) is 1.73. The first-order chi connectivity index (χ1) is 5.20. The molecule has 0 aliphatic carbocycles. The van der Waals surface area contributed by atoms with Crippen molar-refractivity contribution in [2.75, 3.05) is 12.4 Å². The minimum absolute atomic E-state index is 0.149. The fraction of sp³-hybridized carbons (Fsp3) is 0.857. The molecular weight excluding hydrogens is 164 g/mol. The Morgan fingerprint density at radius 1 is 1.82 bits per heavy atom.